The zero-order valence-corrected chi connectivity index (χ0v) is 11.1. The number of rotatable bonds is 1. The van der Waals surface area contributed by atoms with Crippen LogP contribution in [0.3, 0.4) is 0 Å². The first kappa shape index (κ1) is 14.6. The number of alkyl halides is 4. The molecule has 0 aromatic heterocycles. The molecule has 2 rings (SSSR count). The van der Waals surface area contributed by atoms with Crippen molar-refractivity contribution >= 4 is 11.6 Å². The molecule has 106 valence electrons. The Morgan fingerprint density at radius 2 is 1.79 bits per heavy atom. The van der Waals surface area contributed by atoms with Crippen LogP contribution in [0.15, 0.2) is 18.2 Å². The fourth-order valence-corrected chi connectivity index (χ4v) is 2.99. The van der Waals surface area contributed by atoms with Crippen LogP contribution in [0.5, 0.6) is 0 Å². The Morgan fingerprint density at radius 3 is 2.47 bits per heavy atom. The van der Waals surface area contributed by atoms with Gasteiger partial charge in [-0.3, -0.25) is 0 Å². The van der Waals surface area contributed by atoms with Gasteiger partial charge in [-0.05, 0) is 42.9 Å². The molecule has 0 heterocycles. The van der Waals surface area contributed by atoms with Gasteiger partial charge in [-0.15, -0.1) is 11.6 Å². The van der Waals surface area contributed by atoms with Crippen LogP contribution in [-0.2, 0) is 6.18 Å². The minimum absolute atomic E-state index is 0.00751. The van der Waals surface area contributed by atoms with Crippen LogP contribution in [0.4, 0.5) is 17.6 Å². The van der Waals surface area contributed by atoms with Gasteiger partial charge < -0.3 is 0 Å². The summed E-state index contributed by atoms with van der Waals surface area (Å²) in [5.74, 6) is -1.22. The molecule has 1 saturated carbocycles. The molecular formula is C14H15ClF4. The topological polar surface area (TPSA) is 0 Å². The van der Waals surface area contributed by atoms with Crippen molar-refractivity contribution in [3.05, 3.63) is 35.1 Å². The van der Waals surface area contributed by atoms with Crippen LogP contribution in [0, 0.1) is 5.82 Å². The molecule has 0 bridgehead atoms. The Balaban J connectivity index is 2.29. The van der Waals surface area contributed by atoms with E-state index in [1.807, 2.05) is 0 Å². The van der Waals surface area contributed by atoms with E-state index in [1.165, 1.54) is 6.07 Å². The van der Waals surface area contributed by atoms with E-state index in [2.05, 4.69) is 0 Å². The lowest BCUT2D eigenvalue weighted by Crippen LogP contribution is -2.11. The maximum Gasteiger partial charge on any atom is 0.419 e. The summed E-state index contributed by atoms with van der Waals surface area (Å²) in [7, 11) is 0. The Hall–Kier alpha value is -0.770. The van der Waals surface area contributed by atoms with Crippen molar-refractivity contribution in [3.8, 4) is 0 Å². The SMILES string of the molecule is Fc1ccc(C2CCCCC(Cl)C2)cc1C(F)(F)F. The van der Waals surface area contributed by atoms with E-state index in [0.29, 0.717) is 12.0 Å². The molecule has 1 aliphatic carbocycles. The van der Waals surface area contributed by atoms with Crippen molar-refractivity contribution in [2.45, 2.75) is 49.6 Å². The fourth-order valence-electron chi connectivity index (χ4n) is 2.62. The van der Waals surface area contributed by atoms with E-state index in [4.69, 9.17) is 11.6 Å². The van der Waals surface area contributed by atoms with Gasteiger partial charge in [0.05, 0.1) is 5.56 Å². The molecule has 2 atom stereocenters. The summed E-state index contributed by atoms with van der Waals surface area (Å²) in [4.78, 5) is 0. The molecule has 0 nitrogen and oxygen atoms in total. The van der Waals surface area contributed by atoms with Crippen molar-refractivity contribution in [2.24, 2.45) is 0 Å². The van der Waals surface area contributed by atoms with E-state index in [1.54, 1.807) is 0 Å². The smallest absolute Gasteiger partial charge is 0.206 e. The largest absolute Gasteiger partial charge is 0.419 e. The molecule has 0 spiro atoms. The number of hydrogen-bond donors (Lipinski definition) is 0. The highest BCUT2D eigenvalue weighted by atomic mass is 35.5. The van der Waals surface area contributed by atoms with Crippen LogP contribution in [0.1, 0.15) is 49.1 Å². The van der Waals surface area contributed by atoms with E-state index >= 15 is 0 Å². The van der Waals surface area contributed by atoms with Gasteiger partial charge in [0, 0.05) is 5.38 Å². The first-order chi connectivity index (χ1) is 8.88. The third kappa shape index (κ3) is 3.62. The second-order valence-electron chi connectivity index (χ2n) is 5.05. The molecule has 2 unspecified atom stereocenters. The lowest BCUT2D eigenvalue weighted by molar-refractivity contribution is -0.140. The maximum atomic E-state index is 13.2. The lowest BCUT2D eigenvalue weighted by Gasteiger charge is -2.18. The highest BCUT2D eigenvalue weighted by Gasteiger charge is 2.35. The minimum Gasteiger partial charge on any atom is -0.206 e. The second kappa shape index (κ2) is 5.70. The van der Waals surface area contributed by atoms with Gasteiger partial charge in [-0.25, -0.2) is 4.39 Å². The molecule has 0 radical (unpaired) electrons. The molecule has 5 heteroatoms. The zero-order valence-electron chi connectivity index (χ0n) is 10.3. The number of hydrogen-bond acceptors (Lipinski definition) is 0. The highest BCUT2D eigenvalue weighted by molar-refractivity contribution is 6.20. The average molecular weight is 295 g/mol. The maximum absolute atomic E-state index is 13.2. The van der Waals surface area contributed by atoms with Crippen LogP contribution in [-0.4, -0.2) is 5.38 Å². The molecule has 1 fully saturated rings. The Morgan fingerprint density at radius 1 is 1.11 bits per heavy atom. The lowest BCUT2D eigenvalue weighted by atomic mass is 9.90. The van der Waals surface area contributed by atoms with E-state index < -0.39 is 17.6 Å². The number of benzene rings is 1. The molecule has 0 aliphatic heterocycles. The average Bonchev–Trinajstić information content (AvgIpc) is 2.53. The first-order valence-corrected chi connectivity index (χ1v) is 6.82. The molecule has 1 aromatic carbocycles. The summed E-state index contributed by atoms with van der Waals surface area (Å²) in [6.45, 7) is 0. The van der Waals surface area contributed by atoms with Gasteiger partial charge in [0.2, 0.25) is 0 Å². The summed E-state index contributed by atoms with van der Waals surface area (Å²) >= 11 is 6.13. The summed E-state index contributed by atoms with van der Waals surface area (Å²) in [5.41, 5.74) is -0.637. The van der Waals surface area contributed by atoms with Crippen LogP contribution < -0.4 is 0 Å². The van der Waals surface area contributed by atoms with Crippen LogP contribution in [0.25, 0.3) is 0 Å². The molecule has 0 N–H and O–H groups in total. The van der Waals surface area contributed by atoms with Gasteiger partial charge >= 0.3 is 6.18 Å². The van der Waals surface area contributed by atoms with Gasteiger partial charge in [0.15, 0.2) is 0 Å². The molecule has 19 heavy (non-hydrogen) atoms. The fraction of sp³-hybridized carbons (Fsp3) is 0.571. The third-order valence-corrected chi connectivity index (χ3v) is 4.02. The molecule has 1 aromatic rings. The Kier molecular flexibility index (Phi) is 4.39. The van der Waals surface area contributed by atoms with Gasteiger partial charge in [-0.2, -0.15) is 13.2 Å². The third-order valence-electron chi connectivity index (χ3n) is 3.63. The zero-order chi connectivity index (χ0) is 14.0. The van der Waals surface area contributed by atoms with Crippen molar-refractivity contribution in [2.75, 3.05) is 0 Å². The summed E-state index contributed by atoms with van der Waals surface area (Å²) in [6.07, 6.45) is -0.336. The standard InChI is InChI=1S/C14H15ClF4/c15-11-4-2-1-3-9(7-11)10-5-6-13(16)12(8-10)14(17,18)19/h5-6,8-9,11H,1-4,7H2. The minimum atomic E-state index is -4.65. The van der Waals surface area contributed by atoms with Crippen molar-refractivity contribution in [3.63, 3.8) is 0 Å². The van der Waals surface area contributed by atoms with Gasteiger partial charge in [-0.1, -0.05) is 18.9 Å². The summed E-state index contributed by atoms with van der Waals surface area (Å²) in [6, 6.07) is 3.30. The number of halogens is 5. The van der Waals surface area contributed by atoms with Crippen LogP contribution in [0.2, 0.25) is 0 Å². The molecule has 0 saturated heterocycles. The highest BCUT2D eigenvalue weighted by Crippen LogP contribution is 2.38. The molecule has 1 aliphatic rings. The van der Waals surface area contributed by atoms with E-state index in [0.717, 1.165) is 37.8 Å². The summed E-state index contributed by atoms with van der Waals surface area (Å²) < 4.78 is 51.3. The van der Waals surface area contributed by atoms with Crippen molar-refractivity contribution in [1.82, 2.24) is 0 Å². The van der Waals surface area contributed by atoms with Gasteiger partial charge in [0.25, 0.3) is 0 Å². The van der Waals surface area contributed by atoms with Crippen molar-refractivity contribution < 1.29 is 17.6 Å². The molecular weight excluding hydrogens is 280 g/mol. The first-order valence-electron chi connectivity index (χ1n) is 6.38. The normalized spacial score (nSPS) is 25.1. The predicted octanol–water partition coefficient (Wildman–Crippen LogP) is 5.50. The Labute approximate surface area is 114 Å². The van der Waals surface area contributed by atoms with Crippen molar-refractivity contribution in [1.29, 1.82) is 0 Å². The van der Waals surface area contributed by atoms with Crippen LogP contribution >= 0.6 is 11.6 Å². The predicted molar refractivity (Wildman–Crippen MR) is 66.9 cm³/mol. The summed E-state index contributed by atoms with van der Waals surface area (Å²) in [5, 5.41) is -0.00751. The quantitative estimate of drug-likeness (QED) is 0.364. The van der Waals surface area contributed by atoms with E-state index in [9.17, 15) is 17.6 Å². The van der Waals surface area contributed by atoms with E-state index in [-0.39, 0.29) is 11.3 Å². The molecule has 0 amide bonds. The van der Waals surface area contributed by atoms with Gasteiger partial charge in [0.1, 0.15) is 5.82 Å². The Bertz CT molecular complexity index is 442. The monoisotopic (exact) mass is 294 g/mol. The second-order valence-corrected chi connectivity index (χ2v) is 5.67.